The van der Waals surface area contributed by atoms with E-state index in [1.54, 1.807) is 24.3 Å². The molecule has 0 saturated carbocycles. The molecule has 1 aliphatic rings. The standard InChI is InChI=1S/C21H21N3O4S/c1-27-20-11-12-21(23-22-20)28-18-13-14-24(15-18)29(25,26)19-9-7-17(8-10-19)16-5-3-2-4-6-16/h2-12,18H,13-15H2,1H3. The first kappa shape index (κ1) is 19.4. The van der Waals surface area contributed by atoms with Gasteiger partial charge in [0.15, 0.2) is 0 Å². The summed E-state index contributed by atoms with van der Waals surface area (Å²) >= 11 is 0. The Morgan fingerprint density at radius 2 is 1.55 bits per heavy atom. The monoisotopic (exact) mass is 411 g/mol. The lowest BCUT2D eigenvalue weighted by Crippen LogP contribution is -2.31. The molecule has 1 saturated heterocycles. The molecule has 1 unspecified atom stereocenters. The quantitative estimate of drug-likeness (QED) is 0.620. The highest BCUT2D eigenvalue weighted by Crippen LogP contribution is 2.26. The molecule has 0 radical (unpaired) electrons. The molecule has 3 aromatic rings. The molecule has 29 heavy (non-hydrogen) atoms. The smallest absolute Gasteiger partial charge is 0.243 e. The van der Waals surface area contributed by atoms with Crippen molar-refractivity contribution in [3.8, 4) is 22.9 Å². The summed E-state index contributed by atoms with van der Waals surface area (Å²) in [4.78, 5) is 0.280. The van der Waals surface area contributed by atoms with Crippen molar-refractivity contribution in [2.24, 2.45) is 0 Å². The van der Waals surface area contributed by atoms with E-state index in [-0.39, 0.29) is 17.5 Å². The van der Waals surface area contributed by atoms with Crippen molar-refractivity contribution in [3.63, 3.8) is 0 Å². The van der Waals surface area contributed by atoms with Crippen molar-refractivity contribution in [3.05, 3.63) is 66.7 Å². The molecule has 1 aromatic heterocycles. The van der Waals surface area contributed by atoms with E-state index < -0.39 is 10.0 Å². The summed E-state index contributed by atoms with van der Waals surface area (Å²) in [5.74, 6) is 0.745. The summed E-state index contributed by atoms with van der Waals surface area (Å²) in [5.41, 5.74) is 2.02. The average molecular weight is 411 g/mol. The molecule has 0 spiro atoms. The van der Waals surface area contributed by atoms with Gasteiger partial charge in [0.25, 0.3) is 0 Å². The molecule has 1 aliphatic heterocycles. The SMILES string of the molecule is COc1ccc(OC2CCN(S(=O)(=O)c3ccc(-c4ccccc4)cc3)C2)nn1. The molecule has 1 atom stereocenters. The Hall–Kier alpha value is -2.97. The van der Waals surface area contributed by atoms with Gasteiger partial charge in [0.1, 0.15) is 6.10 Å². The van der Waals surface area contributed by atoms with Gasteiger partial charge < -0.3 is 9.47 Å². The Morgan fingerprint density at radius 3 is 2.21 bits per heavy atom. The Morgan fingerprint density at radius 1 is 0.897 bits per heavy atom. The van der Waals surface area contributed by atoms with Crippen LogP contribution in [0.1, 0.15) is 6.42 Å². The van der Waals surface area contributed by atoms with E-state index in [0.29, 0.717) is 24.7 Å². The van der Waals surface area contributed by atoms with Gasteiger partial charge in [0.05, 0.1) is 18.6 Å². The Balaban J connectivity index is 1.43. The maximum atomic E-state index is 13.0. The molecule has 2 heterocycles. The summed E-state index contributed by atoms with van der Waals surface area (Å²) in [6.07, 6.45) is 0.325. The van der Waals surface area contributed by atoms with Gasteiger partial charge in [-0.25, -0.2) is 8.42 Å². The van der Waals surface area contributed by atoms with Crippen LogP contribution >= 0.6 is 0 Å². The number of rotatable bonds is 6. The second kappa shape index (κ2) is 8.18. The van der Waals surface area contributed by atoms with E-state index in [4.69, 9.17) is 9.47 Å². The van der Waals surface area contributed by atoms with Crippen LogP contribution in [-0.4, -0.2) is 49.2 Å². The van der Waals surface area contributed by atoms with Crippen LogP contribution in [0.15, 0.2) is 71.6 Å². The second-order valence-electron chi connectivity index (χ2n) is 6.70. The lowest BCUT2D eigenvalue weighted by atomic mass is 10.1. The minimum Gasteiger partial charge on any atom is -0.480 e. The van der Waals surface area contributed by atoms with Crippen LogP contribution in [0.25, 0.3) is 11.1 Å². The van der Waals surface area contributed by atoms with Crippen LogP contribution in [0.2, 0.25) is 0 Å². The van der Waals surface area contributed by atoms with Gasteiger partial charge in [0, 0.05) is 18.7 Å². The number of aromatic nitrogens is 2. The fourth-order valence-corrected chi connectivity index (χ4v) is 4.75. The van der Waals surface area contributed by atoms with E-state index in [1.807, 2.05) is 42.5 Å². The van der Waals surface area contributed by atoms with Crippen molar-refractivity contribution < 1.29 is 17.9 Å². The topological polar surface area (TPSA) is 81.6 Å². The van der Waals surface area contributed by atoms with E-state index >= 15 is 0 Å². The van der Waals surface area contributed by atoms with Crippen LogP contribution in [-0.2, 0) is 10.0 Å². The molecule has 150 valence electrons. The molecule has 7 nitrogen and oxygen atoms in total. The molecule has 0 aliphatic carbocycles. The van der Waals surface area contributed by atoms with Crippen LogP contribution < -0.4 is 9.47 Å². The van der Waals surface area contributed by atoms with Crippen LogP contribution in [0.3, 0.4) is 0 Å². The highest BCUT2D eigenvalue weighted by atomic mass is 32.2. The highest BCUT2D eigenvalue weighted by Gasteiger charge is 2.33. The van der Waals surface area contributed by atoms with Crippen molar-refractivity contribution >= 4 is 10.0 Å². The Kier molecular flexibility index (Phi) is 5.46. The first-order valence-corrected chi connectivity index (χ1v) is 10.7. The van der Waals surface area contributed by atoms with Crippen molar-refractivity contribution in [1.82, 2.24) is 14.5 Å². The van der Waals surface area contributed by atoms with Gasteiger partial charge in [-0.1, -0.05) is 42.5 Å². The summed E-state index contributed by atoms with van der Waals surface area (Å²) < 4.78 is 38.2. The Labute approximate surface area is 170 Å². The number of hydrogen-bond donors (Lipinski definition) is 0. The lowest BCUT2D eigenvalue weighted by molar-refractivity contribution is 0.203. The van der Waals surface area contributed by atoms with E-state index in [0.717, 1.165) is 11.1 Å². The van der Waals surface area contributed by atoms with E-state index in [9.17, 15) is 8.42 Å². The molecule has 2 aromatic carbocycles. The fraction of sp³-hybridized carbons (Fsp3) is 0.238. The Bertz CT molecular complexity index is 1060. The average Bonchev–Trinajstić information content (AvgIpc) is 3.24. The minimum atomic E-state index is -3.58. The largest absolute Gasteiger partial charge is 0.480 e. The predicted molar refractivity (Wildman–Crippen MR) is 108 cm³/mol. The van der Waals surface area contributed by atoms with Gasteiger partial charge in [-0.3, -0.25) is 0 Å². The normalized spacial score (nSPS) is 17.2. The van der Waals surface area contributed by atoms with Crippen molar-refractivity contribution in [2.75, 3.05) is 20.2 Å². The van der Waals surface area contributed by atoms with Gasteiger partial charge in [-0.2, -0.15) is 4.31 Å². The third-order valence-electron chi connectivity index (χ3n) is 4.82. The van der Waals surface area contributed by atoms with Gasteiger partial charge in [-0.15, -0.1) is 10.2 Å². The molecule has 0 bridgehead atoms. The number of ether oxygens (including phenoxy) is 2. The maximum Gasteiger partial charge on any atom is 0.243 e. The third-order valence-corrected chi connectivity index (χ3v) is 6.70. The molecule has 0 amide bonds. The predicted octanol–water partition coefficient (Wildman–Crippen LogP) is 2.99. The fourth-order valence-electron chi connectivity index (χ4n) is 3.26. The van der Waals surface area contributed by atoms with Crippen molar-refractivity contribution in [2.45, 2.75) is 17.4 Å². The number of hydrogen-bond acceptors (Lipinski definition) is 6. The zero-order valence-corrected chi connectivity index (χ0v) is 16.7. The summed E-state index contributed by atoms with van der Waals surface area (Å²) in [6.45, 7) is 0.674. The number of methoxy groups -OCH3 is 1. The van der Waals surface area contributed by atoms with Gasteiger partial charge in [-0.05, 0) is 29.7 Å². The van der Waals surface area contributed by atoms with Crippen molar-refractivity contribution in [1.29, 1.82) is 0 Å². The van der Waals surface area contributed by atoms with E-state index in [1.165, 1.54) is 11.4 Å². The van der Waals surface area contributed by atoms with Gasteiger partial charge in [0.2, 0.25) is 21.8 Å². The highest BCUT2D eigenvalue weighted by molar-refractivity contribution is 7.89. The molecular formula is C21H21N3O4S. The maximum absolute atomic E-state index is 13.0. The van der Waals surface area contributed by atoms with Crippen LogP contribution in [0, 0.1) is 0 Å². The van der Waals surface area contributed by atoms with Crippen LogP contribution in [0.5, 0.6) is 11.8 Å². The number of sulfonamides is 1. The summed E-state index contributed by atoms with van der Waals surface area (Å²) in [6, 6.07) is 20.1. The second-order valence-corrected chi connectivity index (χ2v) is 8.63. The molecule has 8 heteroatoms. The van der Waals surface area contributed by atoms with Gasteiger partial charge >= 0.3 is 0 Å². The first-order valence-electron chi connectivity index (χ1n) is 9.26. The molecule has 1 fully saturated rings. The first-order chi connectivity index (χ1) is 14.1. The number of benzene rings is 2. The summed E-state index contributed by atoms with van der Waals surface area (Å²) in [5, 5.41) is 7.79. The minimum absolute atomic E-state index is 0.268. The lowest BCUT2D eigenvalue weighted by Gasteiger charge is -2.17. The molecular weight excluding hydrogens is 390 g/mol. The summed E-state index contributed by atoms with van der Waals surface area (Å²) in [7, 11) is -2.07. The zero-order chi connectivity index (χ0) is 20.3. The van der Waals surface area contributed by atoms with E-state index in [2.05, 4.69) is 10.2 Å². The molecule has 4 rings (SSSR count). The zero-order valence-electron chi connectivity index (χ0n) is 15.9. The molecule has 0 N–H and O–H groups in total. The number of nitrogens with zero attached hydrogens (tertiary/aromatic N) is 3. The van der Waals surface area contributed by atoms with Crippen LogP contribution in [0.4, 0.5) is 0 Å². The third kappa shape index (κ3) is 4.23.